The Balaban J connectivity index is 1.68. The Bertz CT molecular complexity index is 886. The summed E-state index contributed by atoms with van der Waals surface area (Å²) in [5, 5.41) is 4.43. The zero-order valence-electron chi connectivity index (χ0n) is 14.1. The molecule has 1 aliphatic heterocycles. The Morgan fingerprint density at radius 3 is 2.74 bits per heavy atom. The van der Waals surface area contributed by atoms with Gasteiger partial charge in [-0.1, -0.05) is 6.07 Å². The summed E-state index contributed by atoms with van der Waals surface area (Å²) in [5.41, 5.74) is -0.204. The summed E-state index contributed by atoms with van der Waals surface area (Å²) in [4.78, 5) is 25.2. The van der Waals surface area contributed by atoms with Crippen LogP contribution < -0.4 is 15.4 Å². The van der Waals surface area contributed by atoms with Crippen molar-refractivity contribution < 1.29 is 27.5 Å². The lowest BCUT2D eigenvalue weighted by Gasteiger charge is -2.24. The van der Waals surface area contributed by atoms with E-state index < -0.39 is 22.9 Å². The van der Waals surface area contributed by atoms with Gasteiger partial charge in [0.25, 0.3) is 0 Å². The van der Waals surface area contributed by atoms with Gasteiger partial charge in [0.05, 0.1) is 23.6 Å². The molecule has 27 heavy (non-hydrogen) atoms. The lowest BCUT2D eigenvalue weighted by Crippen LogP contribution is -2.32. The summed E-state index contributed by atoms with van der Waals surface area (Å²) in [6.07, 6.45) is -4.67. The van der Waals surface area contributed by atoms with Gasteiger partial charge in [0, 0.05) is 17.0 Å². The van der Waals surface area contributed by atoms with Crippen LogP contribution in [0.2, 0.25) is 0 Å². The van der Waals surface area contributed by atoms with Gasteiger partial charge in [0.15, 0.2) is 0 Å². The van der Waals surface area contributed by atoms with Gasteiger partial charge in [-0.3, -0.25) is 9.59 Å². The number of fused-ring (bicyclic) bond motifs is 1. The van der Waals surface area contributed by atoms with Crippen molar-refractivity contribution in [2.75, 3.05) is 17.7 Å². The van der Waals surface area contributed by atoms with Crippen molar-refractivity contribution in [3.05, 3.63) is 48.0 Å². The second-order valence-corrected chi connectivity index (χ2v) is 7.03. The van der Waals surface area contributed by atoms with E-state index in [0.717, 1.165) is 17.0 Å². The monoisotopic (exact) mass is 396 g/mol. The molecule has 1 heterocycles. The van der Waals surface area contributed by atoms with Gasteiger partial charge >= 0.3 is 6.18 Å². The number of alkyl halides is 3. The lowest BCUT2D eigenvalue weighted by molar-refractivity contribution is -0.137. The van der Waals surface area contributed by atoms with Crippen LogP contribution in [-0.4, -0.2) is 24.2 Å². The van der Waals surface area contributed by atoms with Crippen LogP contribution in [0.4, 0.5) is 24.5 Å². The number of rotatable bonds is 4. The molecule has 1 unspecified atom stereocenters. The molecule has 0 spiro atoms. The first-order valence-electron chi connectivity index (χ1n) is 7.89. The molecular formula is C18H15F3N2O3S. The molecule has 2 aromatic carbocycles. The predicted molar refractivity (Wildman–Crippen MR) is 96.0 cm³/mol. The number of halogens is 3. The Morgan fingerprint density at radius 1 is 1.26 bits per heavy atom. The van der Waals surface area contributed by atoms with Crippen molar-refractivity contribution >= 4 is 35.0 Å². The van der Waals surface area contributed by atoms with Gasteiger partial charge in [0.1, 0.15) is 5.75 Å². The van der Waals surface area contributed by atoms with Crippen LogP contribution in [0.1, 0.15) is 12.0 Å². The average Bonchev–Trinajstić information content (AvgIpc) is 2.61. The zero-order valence-corrected chi connectivity index (χ0v) is 14.9. The summed E-state index contributed by atoms with van der Waals surface area (Å²) in [6.45, 7) is 0. The smallest absolute Gasteiger partial charge is 0.416 e. The number of methoxy groups -OCH3 is 1. The fraction of sp³-hybridized carbons (Fsp3) is 0.222. The maximum Gasteiger partial charge on any atom is 0.416 e. The molecule has 2 amide bonds. The minimum atomic E-state index is -4.50. The van der Waals surface area contributed by atoms with Gasteiger partial charge in [-0.2, -0.15) is 13.2 Å². The van der Waals surface area contributed by atoms with E-state index in [9.17, 15) is 22.8 Å². The number of carbonyl (C=O) groups is 2. The van der Waals surface area contributed by atoms with E-state index in [0.29, 0.717) is 11.4 Å². The molecule has 2 aromatic rings. The third-order valence-corrected chi connectivity index (χ3v) is 5.11. The van der Waals surface area contributed by atoms with Crippen molar-refractivity contribution in [3.63, 3.8) is 0 Å². The number of nitrogens with one attached hydrogen (secondary N) is 2. The highest BCUT2D eigenvalue weighted by molar-refractivity contribution is 8.01. The molecule has 2 N–H and O–H groups in total. The lowest BCUT2D eigenvalue weighted by atomic mass is 10.2. The summed E-state index contributed by atoms with van der Waals surface area (Å²) in [6, 6.07) is 9.51. The van der Waals surface area contributed by atoms with E-state index >= 15 is 0 Å². The summed E-state index contributed by atoms with van der Waals surface area (Å²) in [7, 11) is 1.52. The highest BCUT2D eigenvalue weighted by atomic mass is 32.2. The number of ether oxygens (including phenoxy) is 1. The fourth-order valence-corrected chi connectivity index (χ4v) is 3.68. The quantitative estimate of drug-likeness (QED) is 0.815. The molecule has 5 nitrogen and oxygen atoms in total. The molecular weight excluding hydrogens is 381 g/mol. The topological polar surface area (TPSA) is 67.4 Å². The maximum absolute atomic E-state index is 12.8. The number of hydrogen-bond donors (Lipinski definition) is 2. The SMILES string of the molecule is COc1ccc2c(c1)SC(CC(=O)Nc1cccc(C(F)(F)F)c1)C(=O)N2. The molecule has 142 valence electrons. The largest absolute Gasteiger partial charge is 0.497 e. The molecule has 0 fully saturated rings. The van der Waals surface area contributed by atoms with Crippen LogP contribution in [-0.2, 0) is 15.8 Å². The molecule has 3 rings (SSSR count). The van der Waals surface area contributed by atoms with Gasteiger partial charge in [-0.25, -0.2) is 0 Å². The molecule has 0 bridgehead atoms. The van der Waals surface area contributed by atoms with E-state index in [1.807, 2.05) is 0 Å². The van der Waals surface area contributed by atoms with E-state index in [1.54, 1.807) is 18.2 Å². The van der Waals surface area contributed by atoms with Gasteiger partial charge < -0.3 is 15.4 Å². The predicted octanol–water partition coefficient (Wildman–Crippen LogP) is 4.16. The third-order valence-electron chi connectivity index (χ3n) is 3.85. The number of benzene rings is 2. The number of thioether (sulfide) groups is 1. The molecule has 1 aliphatic rings. The number of anilines is 2. The Hall–Kier alpha value is -2.68. The van der Waals surface area contributed by atoms with Crippen molar-refractivity contribution in [1.29, 1.82) is 0 Å². The number of amides is 2. The Kier molecular flexibility index (Phi) is 5.31. The first-order chi connectivity index (χ1) is 12.8. The molecule has 0 radical (unpaired) electrons. The van der Waals surface area contributed by atoms with Crippen molar-refractivity contribution in [2.24, 2.45) is 0 Å². The van der Waals surface area contributed by atoms with E-state index in [-0.39, 0.29) is 18.0 Å². The minimum absolute atomic E-state index is 0.0260. The fourth-order valence-electron chi connectivity index (χ4n) is 2.54. The highest BCUT2D eigenvalue weighted by Gasteiger charge is 2.31. The molecule has 1 atom stereocenters. The average molecular weight is 396 g/mol. The van der Waals surface area contributed by atoms with Crippen LogP contribution in [0.15, 0.2) is 47.4 Å². The van der Waals surface area contributed by atoms with Gasteiger partial charge in [-0.05, 0) is 36.4 Å². The molecule has 0 saturated carbocycles. The van der Waals surface area contributed by atoms with Crippen LogP contribution in [0.3, 0.4) is 0 Å². The number of carbonyl (C=O) groups excluding carboxylic acids is 2. The Morgan fingerprint density at radius 2 is 2.04 bits per heavy atom. The highest BCUT2D eigenvalue weighted by Crippen LogP contribution is 2.39. The van der Waals surface area contributed by atoms with Crippen LogP contribution in [0.25, 0.3) is 0 Å². The molecule has 0 aliphatic carbocycles. The standard InChI is InChI=1S/C18H15F3N2O3S/c1-26-12-5-6-13-14(8-12)27-15(17(25)23-13)9-16(24)22-11-4-2-3-10(7-11)18(19,20)21/h2-8,15H,9H2,1H3,(H,22,24)(H,23,25). The Labute approximate surface area is 157 Å². The first kappa shape index (κ1) is 19.1. The van der Waals surface area contributed by atoms with Crippen molar-refractivity contribution in [1.82, 2.24) is 0 Å². The molecule has 0 saturated heterocycles. The molecule has 9 heteroatoms. The second kappa shape index (κ2) is 7.51. The van der Waals surface area contributed by atoms with Crippen LogP contribution in [0.5, 0.6) is 5.75 Å². The summed E-state index contributed by atoms with van der Waals surface area (Å²) < 4.78 is 43.4. The molecule has 0 aromatic heterocycles. The van der Waals surface area contributed by atoms with E-state index in [4.69, 9.17) is 4.74 Å². The van der Waals surface area contributed by atoms with Crippen molar-refractivity contribution in [2.45, 2.75) is 22.7 Å². The van der Waals surface area contributed by atoms with Crippen molar-refractivity contribution in [3.8, 4) is 5.75 Å². The summed E-state index contributed by atoms with van der Waals surface area (Å²) >= 11 is 1.21. The zero-order chi connectivity index (χ0) is 19.6. The van der Waals surface area contributed by atoms with Crippen LogP contribution in [0, 0.1) is 0 Å². The first-order valence-corrected chi connectivity index (χ1v) is 8.77. The van der Waals surface area contributed by atoms with Gasteiger partial charge in [0.2, 0.25) is 11.8 Å². The minimum Gasteiger partial charge on any atom is -0.497 e. The maximum atomic E-state index is 12.8. The second-order valence-electron chi connectivity index (χ2n) is 5.79. The number of hydrogen-bond acceptors (Lipinski definition) is 4. The van der Waals surface area contributed by atoms with Crippen LogP contribution >= 0.6 is 11.8 Å². The summed E-state index contributed by atoms with van der Waals surface area (Å²) in [5.74, 6) is -0.269. The van der Waals surface area contributed by atoms with Gasteiger partial charge in [-0.15, -0.1) is 11.8 Å². The van der Waals surface area contributed by atoms with E-state index in [1.165, 1.54) is 31.0 Å². The van der Waals surface area contributed by atoms with E-state index in [2.05, 4.69) is 10.6 Å². The third kappa shape index (κ3) is 4.54. The normalized spacial score (nSPS) is 16.3.